The van der Waals surface area contributed by atoms with E-state index in [2.05, 4.69) is 16.2 Å². The number of benzene rings is 1. The van der Waals surface area contributed by atoms with Gasteiger partial charge in [-0.05, 0) is 49.9 Å². The number of halogens is 3. The van der Waals surface area contributed by atoms with Crippen LogP contribution in [0.15, 0.2) is 81.9 Å². The van der Waals surface area contributed by atoms with Crippen molar-refractivity contribution < 1.29 is 51.6 Å². The molecular weight excluding hydrogens is 549 g/mol. The van der Waals surface area contributed by atoms with Crippen molar-refractivity contribution in [2.75, 3.05) is 32.3 Å². The Morgan fingerprint density at radius 2 is 1.80 bits per heavy atom. The molecule has 0 aromatic heterocycles. The second kappa shape index (κ2) is 12.6. The van der Waals surface area contributed by atoms with E-state index in [4.69, 9.17) is 19.9 Å². The van der Waals surface area contributed by atoms with Crippen molar-refractivity contribution >= 4 is 23.6 Å². The topological polar surface area (TPSA) is 138 Å². The number of ether oxygens (including phenoxy) is 4. The standard InChI is InChI=1S/C28H27F3N2O8/c1-15-21(27(37)41-16(2)25(35)39-4)22(17-8-10-20(34)11-9-17)23(26(36)40-13-12-38-3)24(32)33(15)19-7-5-6-18(14-19)28(29,30)31/h5-8,10,14,16,22,34H,12-13,32H2,1-4H3/t16-,22?/m0/s1. The van der Waals surface area contributed by atoms with Crippen LogP contribution in [0.1, 0.15) is 19.4 Å². The molecule has 10 nitrogen and oxygen atoms in total. The van der Waals surface area contributed by atoms with Crippen molar-refractivity contribution in [3.05, 3.63) is 87.4 Å². The number of methoxy groups -OCH3 is 2. The first kappa shape index (κ1) is 30.8. The molecule has 13 heteroatoms. The average Bonchev–Trinajstić information content (AvgIpc) is 2.92. The van der Waals surface area contributed by atoms with Crippen LogP contribution in [0.3, 0.4) is 0 Å². The molecule has 3 rings (SSSR count). The van der Waals surface area contributed by atoms with Gasteiger partial charge in [-0.15, -0.1) is 0 Å². The quantitative estimate of drug-likeness (QED) is 0.194. The first-order valence-electron chi connectivity index (χ1n) is 12.1. The largest absolute Gasteiger partial charge is 0.501 e. The number of aliphatic hydroxyl groups excluding tert-OH is 1. The Bertz CT molecular complexity index is 1440. The van der Waals surface area contributed by atoms with E-state index in [-0.39, 0.29) is 52.9 Å². The molecule has 41 heavy (non-hydrogen) atoms. The molecule has 0 bridgehead atoms. The molecule has 3 N–H and O–H groups in total. The predicted octanol–water partition coefficient (Wildman–Crippen LogP) is 3.57. The van der Waals surface area contributed by atoms with Crippen LogP contribution in [0.25, 0.3) is 0 Å². The lowest BCUT2D eigenvalue weighted by atomic mass is 9.79. The molecule has 1 heterocycles. The zero-order valence-electron chi connectivity index (χ0n) is 22.5. The van der Waals surface area contributed by atoms with Gasteiger partial charge in [-0.3, -0.25) is 0 Å². The molecule has 218 valence electrons. The minimum absolute atomic E-state index is 0.0104. The Labute approximate surface area is 233 Å². The highest BCUT2D eigenvalue weighted by molar-refractivity contribution is 6.01. The lowest BCUT2D eigenvalue weighted by Crippen LogP contribution is -2.41. The van der Waals surface area contributed by atoms with Gasteiger partial charge in [0.1, 0.15) is 12.4 Å². The van der Waals surface area contributed by atoms with Crippen LogP contribution in [0.2, 0.25) is 0 Å². The molecule has 0 spiro atoms. The van der Waals surface area contributed by atoms with E-state index < -0.39 is 41.7 Å². The Morgan fingerprint density at radius 1 is 1.10 bits per heavy atom. The van der Waals surface area contributed by atoms with Gasteiger partial charge in [0, 0.05) is 24.1 Å². The summed E-state index contributed by atoms with van der Waals surface area (Å²) in [5.41, 5.74) is 9.93. The van der Waals surface area contributed by atoms with E-state index >= 15 is 0 Å². The molecule has 0 saturated carbocycles. The van der Waals surface area contributed by atoms with Crippen LogP contribution in [0.4, 0.5) is 18.9 Å². The van der Waals surface area contributed by atoms with E-state index in [0.717, 1.165) is 30.2 Å². The van der Waals surface area contributed by atoms with Crippen LogP contribution in [-0.4, -0.2) is 56.6 Å². The number of anilines is 1. The van der Waals surface area contributed by atoms with Crippen molar-refractivity contribution in [1.82, 2.24) is 0 Å². The summed E-state index contributed by atoms with van der Waals surface area (Å²) < 4.78 is 60.9. The molecule has 1 aliphatic heterocycles. The number of carbonyl (C=O) groups is 3. The third-order valence-electron chi connectivity index (χ3n) is 6.10. The Balaban J connectivity index is 2.32. The highest BCUT2D eigenvalue weighted by Gasteiger charge is 2.43. The Morgan fingerprint density at radius 3 is 2.39 bits per heavy atom. The van der Waals surface area contributed by atoms with Gasteiger partial charge >= 0.3 is 24.1 Å². The average molecular weight is 577 g/mol. The maximum absolute atomic E-state index is 13.6. The van der Waals surface area contributed by atoms with Crippen LogP contribution >= 0.6 is 0 Å². The summed E-state index contributed by atoms with van der Waals surface area (Å²) in [6.45, 7) is 2.44. The number of allylic oxidation sites excluding steroid dienone is 4. The highest BCUT2D eigenvalue weighted by Crippen LogP contribution is 2.43. The summed E-state index contributed by atoms with van der Waals surface area (Å²) in [5, 5.41) is 9.76. The van der Waals surface area contributed by atoms with Crippen molar-refractivity contribution in [3.8, 4) is 0 Å². The van der Waals surface area contributed by atoms with E-state index in [1.165, 1.54) is 39.2 Å². The molecule has 0 radical (unpaired) electrons. The lowest BCUT2D eigenvalue weighted by molar-refractivity contribution is -0.162. The van der Waals surface area contributed by atoms with Gasteiger partial charge in [0.2, 0.25) is 0 Å². The third kappa shape index (κ3) is 6.72. The summed E-state index contributed by atoms with van der Waals surface area (Å²) in [6.07, 6.45) is -3.52. The zero-order valence-corrected chi connectivity index (χ0v) is 22.5. The van der Waals surface area contributed by atoms with E-state index in [9.17, 15) is 32.7 Å². The van der Waals surface area contributed by atoms with Crippen molar-refractivity contribution in [1.29, 1.82) is 0 Å². The summed E-state index contributed by atoms with van der Waals surface area (Å²) in [4.78, 5) is 40.2. The Hall–Kier alpha value is -4.70. The third-order valence-corrected chi connectivity index (χ3v) is 6.10. The second-order valence-electron chi connectivity index (χ2n) is 8.74. The van der Waals surface area contributed by atoms with Crippen molar-refractivity contribution in [2.45, 2.75) is 26.1 Å². The van der Waals surface area contributed by atoms with Gasteiger partial charge in [-0.25, -0.2) is 14.4 Å². The van der Waals surface area contributed by atoms with Crippen LogP contribution in [0.5, 0.6) is 0 Å². The highest BCUT2D eigenvalue weighted by atomic mass is 19.4. The number of carbonyl (C=O) groups excluding carboxylic acids is 3. The molecule has 0 amide bonds. The Kier molecular flexibility index (Phi) is 9.51. The van der Waals surface area contributed by atoms with Crippen molar-refractivity contribution in [3.63, 3.8) is 0 Å². The van der Waals surface area contributed by atoms with Gasteiger partial charge in [0.15, 0.2) is 11.9 Å². The molecule has 2 aliphatic rings. The number of aliphatic hydroxyl groups is 1. The number of alkyl halides is 3. The molecule has 1 aliphatic carbocycles. The zero-order chi connectivity index (χ0) is 30.5. The van der Waals surface area contributed by atoms with Crippen LogP contribution in [0, 0.1) is 5.92 Å². The predicted molar refractivity (Wildman–Crippen MR) is 138 cm³/mol. The van der Waals surface area contributed by atoms with Crippen molar-refractivity contribution in [2.24, 2.45) is 11.7 Å². The van der Waals surface area contributed by atoms with Gasteiger partial charge in [0.25, 0.3) is 0 Å². The summed E-state index contributed by atoms with van der Waals surface area (Å²) >= 11 is 0. The maximum atomic E-state index is 13.6. The van der Waals surface area contributed by atoms with Gasteiger partial charge in [-0.1, -0.05) is 11.8 Å². The first-order chi connectivity index (χ1) is 19.3. The van der Waals surface area contributed by atoms with Gasteiger partial charge in [0.05, 0.1) is 36.3 Å². The first-order valence-corrected chi connectivity index (χ1v) is 12.1. The fraction of sp³-hybridized carbons (Fsp3) is 0.321. The number of hydrogen-bond acceptors (Lipinski definition) is 10. The van der Waals surface area contributed by atoms with Gasteiger partial charge < -0.3 is 34.7 Å². The SMILES string of the molecule is COCCOC(=O)C1=C(N)N(c2cccc(C(F)(F)F)c2)C(C)=C(C(=O)O[C@@H](C)C(=O)OC)C1C1=C=C=C(O)C=C1. The summed E-state index contributed by atoms with van der Waals surface area (Å²) in [5.74, 6) is -4.96. The second-order valence-corrected chi connectivity index (χ2v) is 8.74. The number of hydrogen-bond donors (Lipinski definition) is 2. The minimum Gasteiger partial charge on any atom is -0.501 e. The normalized spacial score (nSPS) is 17.6. The fourth-order valence-electron chi connectivity index (χ4n) is 4.17. The summed E-state index contributed by atoms with van der Waals surface area (Å²) in [6, 6.07) is 4.09. The number of nitrogens with zero attached hydrogens (tertiary/aromatic N) is 1. The fourth-order valence-corrected chi connectivity index (χ4v) is 4.17. The number of esters is 3. The molecule has 1 aromatic rings. The van der Waals surface area contributed by atoms with Gasteiger partial charge in [-0.2, -0.15) is 13.2 Å². The minimum atomic E-state index is -4.71. The molecule has 1 unspecified atom stereocenters. The molecule has 1 aromatic carbocycles. The van der Waals surface area contributed by atoms with Crippen LogP contribution < -0.4 is 10.6 Å². The lowest BCUT2D eigenvalue weighted by Gasteiger charge is -2.37. The van der Waals surface area contributed by atoms with E-state index in [1.54, 1.807) is 0 Å². The smallest absolute Gasteiger partial charge is 0.416 e. The summed E-state index contributed by atoms with van der Waals surface area (Å²) in [7, 11) is 2.47. The molecule has 0 fully saturated rings. The number of rotatable bonds is 9. The van der Waals surface area contributed by atoms with E-state index in [0.29, 0.717) is 0 Å². The maximum Gasteiger partial charge on any atom is 0.416 e. The number of nitrogens with two attached hydrogens (primary N) is 1. The molecule has 0 saturated heterocycles. The molecule has 2 atom stereocenters. The monoisotopic (exact) mass is 576 g/mol. The van der Waals surface area contributed by atoms with Crippen LogP contribution in [-0.2, 0) is 39.5 Å². The van der Waals surface area contributed by atoms with E-state index in [1.807, 2.05) is 0 Å². The molecular formula is C28H27F3N2O8.